The molecule has 0 spiro atoms. The number of ether oxygens (including phenoxy) is 3. The lowest BCUT2D eigenvalue weighted by Crippen LogP contribution is -2.31. The molecule has 2 aromatic rings. The standard InChI is InChI=1S/C21H25NO6/c1-4-28-16-8-5-14(6-9-16)11-20(23)22-17(13-21(24)25)15-7-10-18(26-2)19(12-15)27-3/h5-10,12,17H,4,11,13H2,1-3H3,(H,22,23)(H,24,25). The molecule has 2 N–H and O–H groups in total. The summed E-state index contributed by atoms with van der Waals surface area (Å²) in [7, 11) is 3.02. The lowest BCUT2D eigenvalue weighted by Gasteiger charge is -2.19. The highest BCUT2D eigenvalue weighted by atomic mass is 16.5. The number of aliphatic carboxylic acids is 1. The van der Waals surface area contributed by atoms with E-state index in [0.717, 1.165) is 11.3 Å². The van der Waals surface area contributed by atoms with Crippen LogP contribution in [0.4, 0.5) is 0 Å². The van der Waals surface area contributed by atoms with Crippen LogP contribution in [0.5, 0.6) is 17.2 Å². The van der Waals surface area contributed by atoms with Crippen LogP contribution >= 0.6 is 0 Å². The van der Waals surface area contributed by atoms with E-state index in [1.54, 1.807) is 30.3 Å². The average Bonchev–Trinajstić information content (AvgIpc) is 2.68. The van der Waals surface area contributed by atoms with Gasteiger partial charge in [-0.05, 0) is 42.3 Å². The van der Waals surface area contributed by atoms with Gasteiger partial charge >= 0.3 is 5.97 Å². The molecular formula is C21H25NO6. The fourth-order valence-corrected chi connectivity index (χ4v) is 2.80. The van der Waals surface area contributed by atoms with E-state index in [1.165, 1.54) is 14.2 Å². The molecule has 2 aromatic carbocycles. The number of carboxylic acid groups (broad SMARTS) is 1. The normalized spacial score (nSPS) is 11.4. The van der Waals surface area contributed by atoms with Crippen molar-refractivity contribution in [3.63, 3.8) is 0 Å². The highest BCUT2D eigenvalue weighted by Gasteiger charge is 2.20. The van der Waals surface area contributed by atoms with E-state index < -0.39 is 12.0 Å². The van der Waals surface area contributed by atoms with Gasteiger partial charge in [0.15, 0.2) is 11.5 Å². The molecule has 1 unspecified atom stereocenters. The molecule has 7 nitrogen and oxygen atoms in total. The van der Waals surface area contributed by atoms with Crippen LogP contribution in [0.2, 0.25) is 0 Å². The number of hydrogen-bond acceptors (Lipinski definition) is 5. The van der Waals surface area contributed by atoms with Gasteiger partial charge in [-0.1, -0.05) is 18.2 Å². The number of benzene rings is 2. The van der Waals surface area contributed by atoms with Gasteiger partial charge in [0.2, 0.25) is 5.91 Å². The molecule has 0 aromatic heterocycles. The number of nitrogens with one attached hydrogen (secondary N) is 1. The largest absolute Gasteiger partial charge is 0.494 e. The first-order chi connectivity index (χ1) is 13.5. The summed E-state index contributed by atoms with van der Waals surface area (Å²) < 4.78 is 15.9. The minimum absolute atomic E-state index is 0.135. The Hall–Kier alpha value is -3.22. The summed E-state index contributed by atoms with van der Waals surface area (Å²) in [5.41, 5.74) is 1.43. The maximum atomic E-state index is 12.5. The van der Waals surface area contributed by atoms with Crippen molar-refractivity contribution in [2.75, 3.05) is 20.8 Å². The Kier molecular flexibility index (Phi) is 7.68. The van der Waals surface area contributed by atoms with Crippen molar-refractivity contribution in [3.8, 4) is 17.2 Å². The molecule has 1 atom stereocenters. The molecule has 2 rings (SSSR count). The fourth-order valence-electron chi connectivity index (χ4n) is 2.80. The Bertz CT molecular complexity index is 803. The number of carbonyl (C=O) groups excluding carboxylic acids is 1. The number of carboxylic acids is 1. The van der Waals surface area contributed by atoms with E-state index in [2.05, 4.69) is 5.32 Å². The Labute approximate surface area is 164 Å². The average molecular weight is 387 g/mol. The third-order valence-corrected chi connectivity index (χ3v) is 4.12. The number of rotatable bonds is 10. The van der Waals surface area contributed by atoms with Crippen LogP contribution in [-0.2, 0) is 16.0 Å². The predicted molar refractivity (Wildman–Crippen MR) is 104 cm³/mol. The van der Waals surface area contributed by atoms with Gasteiger partial charge in [0.05, 0.1) is 39.7 Å². The first kappa shape index (κ1) is 21.1. The summed E-state index contributed by atoms with van der Waals surface area (Å²) in [5.74, 6) is 0.448. The summed E-state index contributed by atoms with van der Waals surface area (Å²) in [6, 6.07) is 11.6. The number of methoxy groups -OCH3 is 2. The van der Waals surface area contributed by atoms with Crippen LogP contribution in [0, 0.1) is 0 Å². The van der Waals surface area contributed by atoms with E-state index in [0.29, 0.717) is 23.7 Å². The second-order valence-electron chi connectivity index (χ2n) is 6.09. The molecule has 0 fully saturated rings. The van der Waals surface area contributed by atoms with Crippen molar-refractivity contribution in [2.45, 2.75) is 25.8 Å². The third-order valence-electron chi connectivity index (χ3n) is 4.12. The molecular weight excluding hydrogens is 362 g/mol. The monoisotopic (exact) mass is 387 g/mol. The molecule has 0 saturated carbocycles. The quantitative estimate of drug-likeness (QED) is 0.651. The van der Waals surface area contributed by atoms with Gasteiger partial charge in [-0.15, -0.1) is 0 Å². The van der Waals surface area contributed by atoms with Crippen LogP contribution in [0.1, 0.15) is 30.5 Å². The molecule has 0 aliphatic heterocycles. The molecule has 28 heavy (non-hydrogen) atoms. The summed E-state index contributed by atoms with van der Waals surface area (Å²) in [6.07, 6.45) is -0.111. The number of amides is 1. The number of hydrogen-bond donors (Lipinski definition) is 2. The van der Waals surface area contributed by atoms with Crippen LogP contribution < -0.4 is 19.5 Å². The van der Waals surface area contributed by atoms with Gasteiger partial charge in [0.1, 0.15) is 5.75 Å². The molecule has 0 radical (unpaired) electrons. The van der Waals surface area contributed by atoms with Crippen molar-refractivity contribution in [1.82, 2.24) is 5.32 Å². The minimum Gasteiger partial charge on any atom is -0.494 e. The van der Waals surface area contributed by atoms with E-state index >= 15 is 0 Å². The van der Waals surface area contributed by atoms with Crippen molar-refractivity contribution in [2.24, 2.45) is 0 Å². The van der Waals surface area contributed by atoms with Crippen LogP contribution in [-0.4, -0.2) is 37.8 Å². The second kappa shape index (κ2) is 10.2. The first-order valence-electron chi connectivity index (χ1n) is 8.91. The fraction of sp³-hybridized carbons (Fsp3) is 0.333. The van der Waals surface area contributed by atoms with Crippen LogP contribution in [0.15, 0.2) is 42.5 Å². The Morgan fingerprint density at radius 1 is 1.04 bits per heavy atom. The summed E-state index contributed by atoms with van der Waals surface area (Å²) in [5, 5.41) is 12.0. The van der Waals surface area contributed by atoms with Crippen molar-refractivity contribution < 1.29 is 28.9 Å². The lowest BCUT2D eigenvalue weighted by molar-refractivity contribution is -0.137. The maximum Gasteiger partial charge on any atom is 0.305 e. The third kappa shape index (κ3) is 5.90. The SMILES string of the molecule is CCOc1ccc(CC(=O)NC(CC(=O)O)c2ccc(OC)c(OC)c2)cc1. The van der Waals surface area contributed by atoms with Crippen molar-refractivity contribution in [1.29, 1.82) is 0 Å². The molecule has 7 heteroatoms. The molecule has 0 heterocycles. The molecule has 0 aliphatic rings. The zero-order valence-electron chi connectivity index (χ0n) is 16.2. The second-order valence-corrected chi connectivity index (χ2v) is 6.09. The zero-order valence-corrected chi connectivity index (χ0v) is 16.2. The van der Waals surface area contributed by atoms with Gasteiger partial charge in [0.25, 0.3) is 0 Å². The van der Waals surface area contributed by atoms with E-state index in [1.807, 2.05) is 19.1 Å². The Balaban J connectivity index is 2.12. The van der Waals surface area contributed by atoms with Gasteiger partial charge < -0.3 is 24.6 Å². The van der Waals surface area contributed by atoms with E-state index in [9.17, 15) is 14.7 Å². The van der Waals surface area contributed by atoms with Crippen LogP contribution in [0.25, 0.3) is 0 Å². The van der Waals surface area contributed by atoms with E-state index in [-0.39, 0.29) is 18.7 Å². The summed E-state index contributed by atoms with van der Waals surface area (Å²) in [6.45, 7) is 2.47. The highest BCUT2D eigenvalue weighted by molar-refractivity contribution is 5.80. The molecule has 0 bridgehead atoms. The van der Waals surface area contributed by atoms with Crippen molar-refractivity contribution >= 4 is 11.9 Å². The van der Waals surface area contributed by atoms with Gasteiger partial charge in [-0.25, -0.2) is 0 Å². The summed E-state index contributed by atoms with van der Waals surface area (Å²) in [4.78, 5) is 23.8. The maximum absolute atomic E-state index is 12.5. The molecule has 0 aliphatic carbocycles. The highest BCUT2D eigenvalue weighted by Crippen LogP contribution is 2.31. The lowest BCUT2D eigenvalue weighted by atomic mass is 10.0. The Morgan fingerprint density at radius 3 is 2.29 bits per heavy atom. The smallest absolute Gasteiger partial charge is 0.305 e. The first-order valence-corrected chi connectivity index (χ1v) is 8.91. The molecule has 1 amide bonds. The predicted octanol–water partition coefficient (Wildman–Crippen LogP) is 2.98. The van der Waals surface area contributed by atoms with E-state index in [4.69, 9.17) is 14.2 Å². The molecule has 0 saturated heterocycles. The molecule has 150 valence electrons. The van der Waals surface area contributed by atoms with Crippen LogP contribution in [0.3, 0.4) is 0 Å². The zero-order chi connectivity index (χ0) is 20.5. The Morgan fingerprint density at radius 2 is 1.71 bits per heavy atom. The van der Waals surface area contributed by atoms with Crippen molar-refractivity contribution in [3.05, 3.63) is 53.6 Å². The number of carbonyl (C=O) groups is 2. The summed E-state index contributed by atoms with van der Waals surface area (Å²) >= 11 is 0. The topological polar surface area (TPSA) is 94.1 Å². The van der Waals surface area contributed by atoms with Gasteiger partial charge in [0, 0.05) is 0 Å². The minimum atomic E-state index is -1.01. The van der Waals surface area contributed by atoms with Gasteiger partial charge in [-0.3, -0.25) is 9.59 Å². The van der Waals surface area contributed by atoms with Gasteiger partial charge in [-0.2, -0.15) is 0 Å².